The maximum Gasteiger partial charge on any atom is 0.269 e. The Balaban J connectivity index is 2.59. The second-order valence-electron chi connectivity index (χ2n) is 3.56. The zero-order valence-corrected chi connectivity index (χ0v) is 9.08. The molecule has 5 heteroatoms. The van der Waals surface area contributed by atoms with Crippen LogP contribution in [0.15, 0.2) is 41.3 Å². The first-order valence-electron chi connectivity index (χ1n) is 4.94. The molecule has 0 spiro atoms. The van der Waals surface area contributed by atoms with Crippen LogP contribution in [0, 0.1) is 23.1 Å². The number of aromatic nitrogens is 1. The van der Waals surface area contributed by atoms with Crippen LogP contribution in [-0.2, 0) is 0 Å². The van der Waals surface area contributed by atoms with Crippen molar-refractivity contribution in [3.05, 3.63) is 68.6 Å². The quantitative estimate of drug-likeness (QED) is 0.583. The zero-order valence-electron chi connectivity index (χ0n) is 9.08. The topological polar surface area (TPSA) is 65.1 Å². The average molecular weight is 229 g/mol. The molecule has 1 radical (unpaired) electrons. The highest BCUT2D eigenvalue weighted by atomic mass is 16.6. The summed E-state index contributed by atoms with van der Waals surface area (Å²) >= 11 is 0. The molecule has 85 valence electrons. The summed E-state index contributed by atoms with van der Waals surface area (Å²) in [5, 5.41) is 10.6. The van der Waals surface area contributed by atoms with E-state index in [9.17, 15) is 14.9 Å². The van der Waals surface area contributed by atoms with Gasteiger partial charge in [0.25, 0.3) is 11.2 Å². The molecule has 0 unspecified atom stereocenters. The first-order chi connectivity index (χ1) is 8.09. The number of non-ortho nitro benzene ring substituents is 1. The van der Waals surface area contributed by atoms with Gasteiger partial charge in [-0.05, 0) is 30.7 Å². The number of nitro benzene ring substituents is 1. The number of hydrogen-bond donors (Lipinski definition) is 0. The fraction of sp³-hybridized carbons (Fsp3) is 0.0833. The number of benzene rings is 1. The molecule has 0 fully saturated rings. The van der Waals surface area contributed by atoms with Crippen LogP contribution in [0.2, 0.25) is 0 Å². The van der Waals surface area contributed by atoms with Crippen molar-refractivity contribution in [1.29, 1.82) is 0 Å². The number of hydrogen-bond acceptors (Lipinski definition) is 3. The van der Waals surface area contributed by atoms with Crippen molar-refractivity contribution in [3.63, 3.8) is 0 Å². The van der Waals surface area contributed by atoms with Crippen LogP contribution in [0.25, 0.3) is 5.69 Å². The maximum atomic E-state index is 11.6. The standard InChI is InChI=1S/C12H9N2O3/c1-9-8-10(14(16)17)5-6-11(9)13-7-3-2-4-12(13)15/h2-3,5-8H,1H3. The summed E-state index contributed by atoms with van der Waals surface area (Å²) in [7, 11) is 0. The lowest BCUT2D eigenvalue weighted by Crippen LogP contribution is -2.16. The summed E-state index contributed by atoms with van der Waals surface area (Å²) in [5.41, 5.74) is 1.02. The van der Waals surface area contributed by atoms with E-state index in [1.807, 2.05) is 0 Å². The number of nitrogens with zero attached hydrogens (tertiary/aromatic N) is 2. The van der Waals surface area contributed by atoms with Crippen LogP contribution in [-0.4, -0.2) is 9.49 Å². The molecule has 0 bridgehead atoms. The second kappa shape index (κ2) is 4.21. The molecule has 0 aliphatic rings. The minimum Gasteiger partial charge on any atom is -0.284 e. The molecule has 1 heterocycles. The minimum absolute atomic E-state index is 0.0132. The van der Waals surface area contributed by atoms with Gasteiger partial charge in [-0.15, -0.1) is 0 Å². The Morgan fingerprint density at radius 2 is 2.18 bits per heavy atom. The average Bonchev–Trinajstić information content (AvgIpc) is 2.30. The molecule has 0 saturated heterocycles. The summed E-state index contributed by atoms with van der Waals surface area (Å²) in [6.07, 6.45) is 1.60. The molecule has 2 aromatic rings. The molecule has 2 rings (SSSR count). The summed E-state index contributed by atoms with van der Waals surface area (Å²) < 4.78 is 1.40. The SMILES string of the molecule is Cc1cc([N+](=O)[O-])ccc1-n1ccc[c]c1=O. The van der Waals surface area contributed by atoms with Gasteiger partial charge in [-0.25, -0.2) is 0 Å². The van der Waals surface area contributed by atoms with E-state index in [1.165, 1.54) is 22.8 Å². The van der Waals surface area contributed by atoms with Crippen molar-refractivity contribution in [2.24, 2.45) is 0 Å². The normalized spacial score (nSPS) is 10.2. The molecule has 5 nitrogen and oxygen atoms in total. The van der Waals surface area contributed by atoms with Gasteiger partial charge in [0.2, 0.25) is 0 Å². The van der Waals surface area contributed by atoms with E-state index in [2.05, 4.69) is 6.07 Å². The predicted molar refractivity (Wildman–Crippen MR) is 62.3 cm³/mol. The van der Waals surface area contributed by atoms with E-state index >= 15 is 0 Å². The molecule has 0 N–H and O–H groups in total. The van der Waals surface area contributed by atoms with Crippen LogP contribution in [0.1, 0.15) is 5.56 Å². The van der Waals surface area contributed by atoms with Gasteiger partial charge in [0.1, 0.15) is 0 Å². The Labute approximate surface area is 97.1 Å². The molecular weight excluding hydrogens is 220 g/mol. The molecular formula is C12H9N2O3. The molecule has 1 aromatic heterocycles. The molecule has 0 amide bonds. The first-order valence-corrected chi connectivity index (χ1v) is 4.94. The Morgan fingerprint density at radius 1 is 1.41 bits per heavy atom. The van der Waals surface area contributed by atoms with E-state index < -0.39 is 4.92 Å². The van der Waals surface area contributed by atoms with Gasteiger partial charge in [-0.3, -0.25) is 19.5 Å². The first kappa shape index (κ1) is 11.1. The fourth-order valence-electron chi connectivity index (χ4n) is 1.60. The molecule has 0 aliphatic heterocycles. The predicted octanol–water partition coefficient (Wildman–Crippen LogP) is 1.85. The van der Waals surface area contributed by atoms with Crippen LogP contribution < -0.4 is 5.56 Å². The van der Waals surface area contributed by atoms with Crippen LogP contribution in [0.5, 0.6) is 0 Å². The molecule has 0 saturated carbocycles. The molecule has 0 aliphatic carbocycles. The minimum atomic E-state index is -0.462. The third kappa shape index (κ3) is 2.08. The van der Waals surface area contributed by atoms with Gasteiger partial charge < -0.3 is 0 Å². The monoisotopic (exact) mass is 229 g/mol. The number of pyridine rings is 1. The van der Waals surface area contributed by atoms with Gasteiger partial charge in [-0.1, -0.05) is 0 Å². The Morgan fingerprint density at radius 3 is 2.76 bits per heavy atom. The smallest absolute Gasteiger partial charge is 0.269 e. The summed E-state index contributed by atoms with van der Waals surface area (Å²) in [5.74, 6) is 0. The van der Waals surface area contributed by atoms with Crippen molar-refractivity contribution in [2.75, 3.05) is 0 Å². The lowest BCUT2D eigenvalue weighted by Gasteiger charge is -2.07. The van der Waals surface area contributed by atoms with Crippen LogP contribution in [0.3, 0.4) is 0 Å². The third-order valence-electron chi connectivity index (χ3n) is 2.41. The van der Waals surface area contributed by atoms with Gasteiger partial charge in [-0.2, -0.15) is 0 Å². The number of aryl methyl sites for hydroxylation is 1. The molecule has 17 heavy (non-hydrogen) atoms. The fourth-order valence-corrected chi connectivity index (χ4v) is 1.60. The zero-order chi connectivity index (χ0) is 12.4. The third-order valence-corrected chi connectivity index (χ3v) is 2.41. The number of nitro groups is 1. The van der Waals surface area contributed by atoms with Crippen molar-refractivity contribution < 1.29 is 4.92 Å². The van der Waals surface area contributed by atoms with Crippen molar-refractivity contribution >= 4 is 5.69 Å². The van der Waals surface area contributed by atoms with E-state index in [0.717, 1.165) is 0 Å². The van der Waals surface area contributed by atoms with Crippen molar-refractivity contribution in [3.8, 4) is 5.69 Å². The highest BCUT2D eigenvalue weighted by Crippen LogP contribution is 2.19. The lowest BCUT2D eigenvalue weighted by molar-refractivity contribution is -0.384. The maximum absolute atomic E-state index is 11.6. The van der Waals surface area contributed by atoms with E-state index in [-0.39, 0.29) is 11.2 Å². The van der Waals surface area contributed by atoms with E-state index in [4.69, 9.17) is 0 Å². The van der Waals surface area contributed by atoms with E-state index in [0.29, 0.717) is 11.3 Å². The van der Waals surface area contributed by atoms with Crippen molar-refractivity contribution in [2.45, 2.75) is 6.92 Å². The van der Waals surface area contributed by atoms with Gasteiger partial charge in [0, 0.05) is 18.3 Å². The largest absolute Gasteiger partial charge is 0.284 e. The van der Waals surface area contributed by atoms with Crippen LogP contribution in [0.4, 0.5) is 5.69 Å². The summed E-state index contributed by atoms with van der Waals surface area (Å²) in [6, 6.07) is 10.1. The van der Waals surface area contributed by atoms with Crippen molar-refractivity contribution in [1.82, 2.24) is 4.57 Å². The highest BCUT2D eigenvalue weighted by Gasteiger charge is 2.09. The van der Waals surface area contributed by atoms with E-state index in [1.54, 1.807) is 25.3 Å². The van der Waals surface area contributed by atoms with Crippen LogP contribution >= 0.6 is 0 Å². The van der Waals surface area contributed by atoms with Gasteiger partial charge >= 0.3 is 0 Å². The molecule has 1 aromatic carbocycles. The lowest BCUT2D eigenvalue weighted by atomic mass is 10.1. The Hall–Kier alpha value is -2.43. The number of rotatable bonds is 2. The molecule has 0 atom stereocenters. The van der Waals surface area contributed by atoms with Gasteiger partial charge in [0.15, 0.2) is 0 Å². The summed E-state index contributed by atoms with van der Waals surface area (Å²) in [4.78, 5) is 21.7. The Kier molecular flexibility index (Phi) is 2.74. The second-order valence-corrected chi connectivity index (χ2v) is 3.56. The highest BCUT2D eigenvalue weighted by molar-refractivity contribution is 5.47. The van der Waals surface area contributed by atoms with Gasteiger partial charge in [0.05, 0.1) is 16.7 Å². The Bertz CT molecular complexity index is 632. The summed E-state index contributed by atoms with van der Waals surface area (Å²) in [6.45, 7) is 1.72.